The second-order valence-corrected chi connectivity index (χ2v) is 11.5. The highest BCUT2D eigenvalue weighted by Gasteiger charge is 2.59. The molecule has 0 spiro atoms. The van der Waals surface area contributed by atoms with Crippen molar-refractivity contribution in [2.45, 2.75) is 32.0 Å². The molecular weight excluding hydrogens is 797 g/mol. The second kappa shape index (κ2) is 19.1. The topological polar surface area (TPSA) is 125 Å². The van der Waals surface area contributed by atoms with Crippen molar-refractivity contribution in [1.29, 1.82) is 0 Å². The summed E-state index contributed by atoms with van der Waals surface area (Å²) in [6, 6.07) is 17.3. The molecule has 0 heterocycles. The molecule has 0 aliphatic heterocycles. The van der Waals surface area contributed by atoms with Gasteiger partial charge in [0.05, 0.1) is 22.8 Å². The number of hydrogen-bond donors (Lipinski definition) is 2. The Morgan fingerprint density at radius 2 is 1.45 bits per heavy atom. The summed E-state index contributed by atoms with van der Waals surface area (Å²) in [6.45, 7) is 2.29. The fourth-order valence-electron chi connectivity index (χ4n) is 4.26. The van der Waals surface area contributed by atoms with Crippen LogP contribution in [0.3, 0.4) is 0 Å². The van der Waals surface area contributed by atoms with Crippen molar-refractivity contribution in [2.24, 2.45) is 5.16 Å². The van der Waals surface area contributed by atoms with Crippen LogP contribution in [-0.2, 0) is 21.0 Å². The van der Waals surface area contributed by atoms with E-state index in [1.54, 1.807) is 11.4 Å². The summed E-state index contributed by atoms with van der Waals surface area (Å²) in [5, 5.41) is 5.78. The smallest absolute Gasteiger partial charge is 0.439 e. The molecule has 3 amide bonds. The molecule has 4 aromatic carbocycles. The number of rotatable bonds is 11. The molecule has 0 aromatic heterocycles. The maximum absolute atomic E-state index is 13.6. The first-order valence-corrected chi connectivity index (χ1v) is 15.8. The van der Waals surface area contributed by atoms with E-state index in [0.29, 0.717) is 24.3 Å². The molecule has 0 aliphatic carbocycles. The molecule has 10 nitrogen and oxygen atoms in total. The molecular formula is C35H27Cl2F8N3O7. The van der Waals surface area contributed by atoms with Crippen molar-refractivity contribution >= 4 is 52.5 Å². The number of hydrogen-bond acceptors (Lipinski definition) is 8. The maximum Gasteiger partial charge on any atom is 0.439 e. The van der Waals surface area contributed by atoms with Crippen LogP contribution in [0.15, 0.2) is 84.0 Å². The molecule has 0 radical (unpaired) electrons. The van der Waals surface area contributed by atoms with Gasteiger partial charge in [-0.25, -0.2) is 22.8 Å². The minimum Gasteiger partial charge on any atom is -0.489 e. The molecule has 2 N–H and O–H groups in total. The number of carbonyl (C=O) groups is 3. The van der Waals surface area contributed by atoms with Gasteiger partial charge in [0.25, 0.3) is 12.1 Å². The number of oxime groups is 1. The SMILES string of the molecule is CO/N=C(/C(=O)OC)c1ccccc1COc1ccccc1C.O=C(NC(=O)c1c(F)cccc1F)Nc1cc(Cl)c(OC(F)(F)C(F)C(F)(F)F)cc1Cl. The minimum absolute atomic E-state index is 0.110. The number of methoxy groups -OCH3 is 1. The molecule has 4 rings (SSSR count). The summed E-state index contributed by atoms with van der Waals surface area (Å²) in [6.07, 6.45) is -16.0. The molecule has 55 heavy (non-hydrogen) atoms. The van der Waals surface area contributed by atoms with Crippen LogP contribution < -0.4 is 20.1 Å². The molecule has 4 aromatic rings. The fraction of sp³-hybridized carbons (Fsp3) is 0.200. The van der Waals surface area contributed by atoms with Crippen LogP contribution in [0, 0.1) is 18.6 Å². The van der Waals surface area contributed by atoms with E-state index in [2.05, 4.69) is 9.89 Å². The lowest BCUT2D eigenvalue weighted by Gasteiger charge is -2.24. The van der Waals surface area contributed by atoms with Crippen LogP contribution in [0.4, 0.5) is 45.6 Å². The normalized spacial score (nSPS) is 12.1. The van der Waals surface area contributed by atoms with E-state index >= 15 is 0 Å². The minimum atomic E-state index is -5.94. The molecule has 0 saturated heterocycles. The zero-order chi connectivity index (χ0) is 41.1. The summed E-state index contributed by atoms with van der Waals surface area (Å²) >= 11 is 11.3. The number of amides is 3. The van der Waals surface area contributed by atoms with Crippen LogP contribution in [0.5, 0.6) is 11.5 Å². The van der Waals surface area contributed by atoms with Crippen LogP contribution in [0.25, 0.3) is 0 Å². The number of benzene rings is 4. The van der Waals surface area contributed by atoms with Crippen molar-refractivity contribution in [1.82, 2.24) is 5.32 Å². The van der Waals surface area contributed by atoms with Gasteiger partial charge in [-0.1, -0.05) is 76.9 Å². The summed E-state index contributed by atoms with van der Waals surface area (Å²) in [5.41, 5.74) is 1.04. The number of imide groups is 1. The zero-order valence-electron chi connectivity index (χ0n) is 28.4. The Balaban J connectivity index is 0.000000311. The third-order valence-corrected chi connectivity index (χ3v) is 7.43. The Kier molecular flexibility index (Phi) is 15.2. The lowest BCUT2D eigenvalue weighted by atomic mass is 10.0. The number of halogens is 10. The van der Waals surface area contributed by atoms with Gasteiger partial charge in [0.15, 0.2) is 5.71 Å². The number of aryl methyl sites for hydroxylation is 1. The number of alkyl halides is 6. The first-order valence-electron chi connectivity index (χ1n) is 15.1. The number of nitrogens with one attached hydrogen (secondary N) is 2. The predicted molar refractivity (Wildman–Crippen MR) is 183 cm³/mol. The summed E-state index contributed by atoms with van der Waals surface area (Å²) in [7, 11) is 2.69. The van der Waals surface area contributed by atoms with E-state index in [1.807, 2.05) is 54.7 Å². The molecule has 294 valence electrons. The average molecular weight is 825 g/mol. The summed E-state index contributed by atoms with van der Waals surface area (Å²) in [5.74, 6) is -4.96. The van der Waals surface area contributed by atoms with Gasteiger partial charge in [-0.15, -0.1) is 0 Å². The lowest BCUT2D eigenvalue weighted by molar-refractivity contribution is -0.304. The Morgan fingerprint density at radius 1 is 0.836 bits per heavy atom. The Hall–Kier alpha value is -5.62. The van der Waals surface area contributed by atoms with Crippen molar-refractivity contribution in [3.63, 3.8) is 0 Å². The van der Waals surface area contributed by atoms with Crippen LogP contribution in [0.1, 0.15) is 27.0 Å². The Morgan fingerprint density at radius 3 is 2.05 bits per heavy atom. The number of nitrogens with zero attached hydrogens (tertiary/aromatic N) is 1. The lowest BCUT2D eigenvalue weighted by Crippen LogP contribution is -2.45. The summed E-state index contributed by atoms with van der Waals surface area (Å²) < 4.78 is 118. The molecule has 20 heteroatoms. The molecule has 0 aliphatic rings. The predicted octanol–water partition coefficient (Wildman–Crippen LogP) is 9.20. The third kappa shape index (κ3) is 11.9. The first-order chi connectivity index (χ1) is 25.8. The van der Waals surface area contributed by atoms with Crippen LogP contribution >= 0.6 is 23.2 Å². The van der Waals surface area contributed by atoms with Gasteiger partial charge in [0.1, 0.15) is 42.4 Å². The zero-order valence-corrected chi connectivity index (χ0v) is 29.9. The monoisotopic (exact) mass is 823 g/mol. The highest BCUT2D eigenvalue weighted by atomic mass is 35.5. The largest absolute Gasteiger partial charge is 0.489 e. The number of anilines is 1. The Bertz CT molecular complexity index is 2030. The van der Waals surface area contributed by atoms with Crippen LogP contribution in [0.2, 0.25) is 10.0 Å². The highest BCUT2D eigenvalue weighted by molar-refractivity contribution is 6.43. The number of ether oxygens (including phenoxy) is 3. The maximum atomic E-state index is 13.6. The van der Waals surface area contributed by atoms with Gasteiger partial charge < -0.3 is 24.4 Å². The number of urea groups is 1. The van der Waals surface area contributed by atoms with E-state index in [-0.39, 0.29) is 5.71 Å². The van der Waals surface area contributed by atoms with Gasteiger partial charge in [0.2, 0.25) is 0 Å². The fourth-order valence-corrected chi connectivity index (χ4v) is 4.66. The number of carbonyl (C=O) groups excluding carboxylic acids is 3. The number of para-hydroxylation sites is 1. The molecule has 1 atom stereocenters. The summed E-state index contributed by atoms with van der Waals surface area (Å²) in [4.78, 5) is 40.4. The molecule has 0 fully saturated rings. The van der Waals surface area contributed by atoms with E-state index < -0.39 is 75.0 Å². The van der Waals surface area contributed by atoms with Crippen LogP contribution in [-0.4, -0.2) is 56.3 Å². The average Bonchev–Trinajstić information content (AvgIpc) is 3.11. The van der Waals surface area contributed by atoms with Crippen molar-refractivity contribution in [3.8, 4) is 11.5 Å². The standard InChI is InChI=1S/C18H19NO4.C17H8Cl2F8N2O3/c1-13-8-4-7-11-16(13)23-12-14-9-5-6-10-15(14)17(19-22-3)18(20)21-2;18-6-5-11(32-17(26,27)14(22)16(23,24)25)7(19)4-10(6)28-15(31)29-13(30)12-8(20)2-1-3-9(12)21/h4-11H,12H2,1-3H3;1-5,14H,(H2,28,29,30,31)/b19-17+;. The highest BCUT2D eigenvalue weighted by Crippen LogP contribution is 2.41. The van der Waals surface area contributed by atoms with E-state index in [1.165, 1.54) is 14.2 Å². The van der Waals surface area contributed by atoms with Crippen molar-refractivity contribution in [3.05, 3.63) is 123 Å². The molecule has 0 saturated carbocycles. The number of esters is 1. The second-order valence-electron chi connectivity index (χ2n) is 10.7. The first kappa shape index (κ1) is 43.8. The Labute approximate surface area is 316 Å². The molecule has 0 bridgehead atoms. The van der Waals surface area contributed by atoms with E-state index in [4.69, 9.17) is 37.5 Å². The van der Waals surface area contributed by atoms with Crippen molar-refractivity contribution < 1.29 is 68.6 Å². The van der Waals surface area contributed by atoms with E-state index in [9.17, 15) is 49.5 Å². The van der Waals surface area contributed by atoms with Gasteiger partial charge >= 0.3 is 24.3 Å². The van der Waals surface area contributed by atoms with Gasteiger partial charge in [-0.3, -0.25) is 10.1 Å². The third-order valence-electron chi connectivity index (χ3n) is 6.83. The van der Waals surface area contributed by atoms with Crippen molar-refractivity contribution in [2.75, 3.05) is 19.5 Å². The van der Waals surface area contributed by atoms with Gasteiger partial charge in [-0.05, 0) is 42.3 Å². The molecule has 1 unspecified atom stereocenters. The van der Waals surface area contributed by atoms with Gasteiger partial charge in [-0.2, -0.15) is 22.0 Å². The van der Waals surface area contributed by atoms with Gasteiger partial charge in [0, 0.05) is 11.6 Å². The van der Waals surface area contributed by atoms with E-state index in [0.717, 1.165) is 35.1 Å². The quantitative estimate of drug-likeness (QED) is 0.0669.